The van der Waals surface area contributed by atoms with Gasteiger partial charge in [0.2, 0.25) is 0 Å². The molecule has 0 amide bonds. The molecule has 1 heterocycles. The second kappa shape index (κ2) is 7.95. The van der Waals surface area contributed by atoms with Crippen LogP contribution in [0.25, 0.3) is 0 Å². The Morgan fingerprint density at radius 1 is 1.21 bits per heavy atom. The Kier molecular flexibility index (Phi) is 5.69. The Morgan fingerprint density at radius 2 is 2.00 bits per heavy atom. The first kappa shape index (κ1) is 17.2. The van der Waals surface area contributed by atoms with Crippen LogP contribution < -0.4 is 5.32 Å². The average molecular weight is 327 g/mol. The number of hydrogen-bond donors (Lipinski definition) is 2. The van der Waals surface area contributed by atoms with Crippen molar-refractivity contribution in [2.45, 2.75) is 58.7 Å². The van der Waals surface area contributed by atoms with Gasteiger partial charge in [-0.05, 0) is 51.1 Å². The molecular formula is C20H29N3O. The van der Waals surface area contributed by atoms with Crippen LogP contribution in [0.4, 0.5) is 0 Å². The summed E-state index contributed by atoms with van der Waals surface area (Å²) in [6.45, 7) is 6.92. The molecule has 1 fully saturated rings. The Balaban J connectivity index is 1.58. The summed E-state index contributed by atoms with van der Waals surface area (Å²) in [5.41, 5.74) is 4.94. The van der Waals surface area contributed by atoms with E-state index in [1.807, 2.05) is 6.07 Å². The van der Waals surface area contributed by atoms with Crippen molar-refractivity contribution in [1.82, 2.24) is 15.1 Å². The summed E-state index contributed by atoms with van der Waals surface area (Å²) in [6.07, 6.45) is 4.21. The van der Waals surface area contributed by atoms with E-state index < -0.39 is 0 Å². The second-order valence-corrected chi connectivity index (χ2v) is 7.11. The van der Waals surface area contributed by atoms with Gasteiger partial charge in [-0.2, -0.15) is 5.10 Å². The fraction of sp³-hybridized carbons (Fsp3) is 0.550. The molecule has 4 nitrogen and oxygen atoms in total. The first-order valence-corrected chi connectivity index (χ1v) is 9.09. The van der Waals surface area contributed by atoms with Crippen molar-refractivity contribution < 1.29 is 5.11 Å². The number of aliphatic hydroxyl groups excluding tert-OH is 1. The van der Waals surface area contributed by atoms with Crippen molar-refractivity contribution in [3.63, 3.8) is 0 Å². The van der Waals surface area contributed by atoms with E-state index in [-0.39, 0.29) is 6.10 Å². The maximum absolute atomic E-state index is 9.79. The van der Waals surface area contributed by atoms with Gasteiger partial charge in [0.25, 0.3) is 0 Å². The normalized spacial score (nSPS) is 21.1. The molecule has 1 aromatic carbocycles. The van der Waals surface area contributed by atoms with E-state index in [4.69, 9.17) is 5.10 Å². The van der Waals surface area contributed by atoms with Crippen LogP contribution in [0, 0.1) is 19.8 Å². The van der Waals surface area contributed by atoms with Crippen molar-refractivity contribution in [3.05, 3.63) is 52.8 Å². The van der Waals surface area contributed by atoms with Crippen LogP contribution in [0.15, 0.2) is 30.3 Å². The molecular weight excluding hydrogens is 298 g/mol. The number of rotatable bonds is 6. The van der Waals surface area contributed by atoms with Crippen molar-refractivity contribution in [2.75, 3.05) is 6.54 Å². The number of aromatic nitrogens is 2. The number of aliphatic hydroxyl groups is 1. The summed E-state index contributed by atoms with van der Waals surface area (Å²) in [4.78, 5) is 0. The zero-order valence-corrected chi connectivity index (χ0v) is 14.8. The Hall–Kier alpha value is -1.65. The van der Waals surface area contributed by atoms with Gasteiger partial charge in [-0.1, -0.05) is 36.8 Å². The fourth-order valence-corrected chi connectivity index (χ4v) is 3.75. The molecule has 0 aliphatic heterocycles. The third kappa shape index (κ3) is 4.25. The molecule has 130 valence electrons. The molecule has 2 atom stereocenters. The van der Waals surface area contributed by atoms with Crippen molar-refractivity contribution in [1.29, 1.82) is 0 Å². The molecule has 24 heavy (non-hydrogen) atoms. The van der Waals surface area contributed by atoms with Crippen LogP contribution >= 0.6 is 0 Å². The van der Waals surface area contributed by atoms with Crippen molar-refractivity contribution in [3.8, 4) is 0 Å². The van der Waals surface area contributed by atoms with E-state index in [9.17, 15) is 5.11 Å². The Bertz CT molecular complexity index is 650. The van der Waals surface area contributed by atoms with Gasteiger partial charge in [-0.25, -0.2) is 0 Å². The zero-order valence-electron chi connectivity index (χ0n) is 14.8. The summed E-state index contributed by atoms with van der Waals surface area (Å²) in [6, 6.07) is 10.5. The number of nitrogens with one attached hydrogen (secondary N) is 1. The first-order chi connectivity index (χ1) is 11.6. The highest BCUT2D eigenvalue weighted by Gasteiger charge is 2.20. The standard InChI is InChI=1S/C20H29N3O/c1-15-20(13-21-12-18-9-6-10-19(24)11-18)16(2)23(22-15)14-17-7-4-3-5-8-17/h3-5,7-8,18-19,21,24H,6,9-14H2,1-2H3. The minimum absolute atomic E-state index is 0.0948. The lowest BCUT2D eigenvalue weighted by Gasteiger charge is -2.26. The molecule has 0 bridgehead atoms. The minimum atomic E-state index is -0.0948. The zero-order chi connectivity index (χ0) is 16.9. The molecule has 2 unspecified atom stereocenters. The molecule has 4 heteroatoms. The molecule has 3 rings (SSSR count). The van der Waals surface area contributed by atoms with Crippen LogP contribution in [0.2, 0.25) is 0 Å². The quantitative estimate of drug-likeness (QED) is 0.857. The highest BCUT2D eigenvalue weighted by Crippen LogP contribution is 2.23. The number of aryl methyl sites for hydroxylation is 1. The molecule has 0 spiro atoms. The predicted octanol–water partition coefficient (Wildman–Crippen LogP) is 3.19. The molecule has 1 aromatic heterocycles. The molecule has 2 aromatic rings. The monoisotopic (exact) mass is 327 g/mol. The van der Waals surface area contributed by atoms with Gasteiger partial charge in [-0.3, -0.25) is 4.68 Å². The van der Waals surface area contributed by atoms with Crippen LogP contribution in [0.1, 0.15) is 48.2 Å². The van der Waals surface area contributed by atoms with E-state index in [0.29, 0.717) is 5.92 Å². The number of benzene rings is 1. The molecule has 0 radical (unpaired) electrons. The van der Waals surface area contributed by atoms with Gasteiger partial charge < -0.3 is 10.4 Å². The van der Waals surface area contributed by atoms with Crippen LogP contribution in [-0.4, -0.2) is 27.5 Å². The summed E-state index contributed by atoms with van der Waals surface area (Å²) in [5.74, 6) is 0.605. The van der Waals surface area contributed by atoms with E-state index in [2.05, 4.69) is 48.1 Å². The maximum atomic E-state index is 9.79. The predicted molar refractivity (Wildman–Crippen MR) is 96.9 cm³/mol. The van der Waals surface area contributed by atoms with Gasteiger partial charge >= 0.3 is 0 Å². The molecule has 0 saturated heterocycles. The second-order valence-electron chi connectivity index (χ2n) is 7.11. The summed E-state index contributed by atoms with van der Waals surface area (Å²) < 4.78 is 2.10. The molecule has 1 saturated carbocycles. The summed E-state index contributed by atoms with van der Waals surface area (Å²) in [5, 5.41) is 18.1. The van der Waals surface area contributed by atoms with Gasteiger partial charge in [0.05, 0.1) is 18.3 Å². The minimum Gasteiger partial charge on any atom is -0.393 e. The topological polar surface area (TPSA) is 50.1 Å². The first-order valence-electron chi connectivity index (χ1n) is 9.09. The van der Waals surface area contributed by atoms with E-state index in [1.165, 1.54) is 23.2 Å². The smallest absolute Gasteiger partial charge is 0.0662 e. The summed E-state index contributed by atoms with van der Waals surface area (Å²) >= 11 is 0. The highest BCUT2D eigenvalue weighted by molar-refractivity contribution is 5.26. The molecule has 1 aliphatic carbocycles. The van der Waals surface area contributed by atoms with E-state index >= 15 is 0 Å². The van der Waals surface area contributed by atoms with Crippen LogP contribution in [-0.2, 0) is 13.1 Å². The van der Waals surface area contributed by atoms with Crippen LogP contribution in [0.5, 0.6) is 0 Å². The lowest BCUT2D eigenvalue weighted by molar-refractivity contribution is 0.101. The van der Waals surface area contributed by atoms with Gasteiger partial charge in [0.15, 0.2) is 0 Å². The third-order valence-corrected chi connectivity index (χ3v) is 5.20. The van der Waals surface area contributed by atoms with Crippen LogP contribution in [0.3, 0.4) is 0 Å². The highest BCUT2D eigenvalue weighted by atomic mass is 16.3. The lowest BCUT2D eigenvalue weighted by Crippen LogP contribution is -2.29. The average Bonchev–Trinajstić information content (AvgIpc) is 2.83. The third-order valence-electron chi connectivity index (χ3n) is 5.20. The van der Waals surface area contributed by atoms with Crippen molar-refractivity contribution >= 4 is 0 Å². The number of hydrogen-bond acceptors (Lipinski definition) is 3. The lowest BCUT2D eigenvalue weighted by atomic mass is 9.87. The fourth-order valence-electron chi connectivity index (χ4n) is 3.75. The Labute approximate surface area is 144 Å². The van der Waals surface area contributed by atoms with E-state index in [1.54, 1.807) is 0 Å². The number of nitrogens with zero attached hydrogens (tertiary/aromatic N) is 2. The van der Waals surface area contributed by atoms with Gasteiger partial charge in [0.1, 0.15) is 0 Å². The SMILES string of the molecule is Cc1nn(Cc2ccccc2)c(C)c1CNCC1CCCC(O)C1. The molecule has 2 N–H and O–H groups in total. The van der Waals surface area contributed by atoms with Gasteiger partial charge in [-0.15, -0.1) is 0 Å². The molecule has 1 aliphatic rings. The Morgan fingerprint density at radius 3 is 2.75 bits per heavy atom. The van der Waals surface area contributed by atoms with Crippen molar-refractivity contribution in [2.24, 2.45) is 5.92 Å². The van der Waals surface area contributed by atoms with E-state index in [0.717, 1.165) is 44.6 Å². The summed E-state index contributed by atoms with van der Waals surface area (Å²) in [7, 11) is 0. The largest absolute Gasteiger partial charge is 0.393 e. The van der Waals surface area contributed by atoms with Gasteiger partial charge in [0, 0.05) is 17.8 Å². The maximum Gasteiger partial charge on any atom is 0.0662 e.